The average Bonchev–Trinajstić information content (AvgIpc) is 2.95. The van der Waals surface area contributed by atoms with Gasteiger partial charge in [-0.2, -0.15) is 0 Å². The van der Waals surface area contributed by atoms with E-state index in [1.807, 2.05) is 44.2 Å². The molecule has 0 aliphatic rings. The van der Waals surface area contributed by atoms with Gasteiger partial charge in [-0.3, -0.25) is 9.36 Å². The summed E-state index contributed by atoms with van der Waals surface area (Å²) in [6, 6.07) is 16.7. The van der Waals surface area contributed by atoms with Crippen LogP contribution in [-0.2, 0) is 36.2 Å². The maximum absolute atomic E-state index is 14.6. The van der Waals surface area contributed by atoms with E-state index in [1.54, 1.807) is 32.9 Å². The van der Waals surface area contributed by atoms with Crippen LogP contribution in [0.25, 0.3) is 11.1 Å². The molecule has 0 atom stereocenters. The van der Waals surface area contributed by atoms with Crippen molar-refractivity contribution in [1.29, 1.82) is 0 Å². The van der Waals surface area contributed by atoms with Crippen molar-refractivity contribution in [1.82, 2.24) is 0 Å². The van der Waals surface area contributed by atoms with Gasteiger partial charge >= 0.3 is 13.6 Å². The van der Waals surface area contributed by atoms with Crippen LogP contribution in [0.5, 0.6) is 11.5 Å². The monoisotopic (exact) mass is 600 g/mol. The first-order chi connectivity index (χ1) is 20.2. The second-order valence-electron chi connectivity index (χ2n) is 9.79. The largest absolute Gasteiger partial charge is 0.494 e. The Morgan fingerprint density at radius 1 is 0.833 bits per heavy atom. The van der Waals surface area contributed by atoms with E-state index in [1.165, 1.54) is 6.07 Å². The third kappa shape index (κ3) is 9.69. The lowest BCUT2D eigenvalue weighted by Gasteiger charge is -2.17. The summed E-state index contributed by atoms with van der Waals surface area (Å²) < 4.78 is 54.7. The molecule has 0 aliphatic carbocycles. The lowest BCUT2D eigenvalue weighted by molar-refractivity contribution is -0.143. The highest BCUT2D eigenvalue weighted by Crippen LogP contribution is 2.48. The zero-order valence-electron chi connectivity index (χ0n) is 25.2. The molecule has 0 heterocycles. The molecule has 3 aromatic rings. The van der Waals surface area contributed by atoms with Gasteiger partial charge in [0, 0.05) is 12.5 Å². The lowest BCUT2D eigenvalue weighted by atomic mass is 9.93. The molecule has 0 radical (unpaired) electrons. The van der Waals surface area contributed by atoms with Crippen LogP contribution in [-0.4, -0.2) is 38.6 Å². The number of rotatable bonds is 17. The van der Waals surface area contributed by atoms with E-state index in [-0.39, 0.29) is 25.4 Å². The molecule has 0 aromatic heterocycles. The molecule has 0 unspecified atom stereocenters. The summed E-state index contributed by atoms with van der Waals surface area (Å²) in [5, 5.41) is 0. The third-order valence-corrected chi connectivity index (χ3v) is 8.92. The molecular formula is C33H42FO7P. The summed E-state index contributed by atoms with van der Waals surface area (Å²) >= 11 is 0. The molecule has 42 heavy (non-hydrogen) atoms. The molecule has 0 fully saturated rings. The number of aryl methyl sites for hydroxylation is 2. The quantitative estimate of drug-likeness (QED) is 0.0877. The Morgan fingerprint density at radius 2 is 1.55 bits per heavy atom. The van der Waals surface area contributed by atoms with E-state index in [0.29, 0.717) is 50.3 Å². The molecule has 0 spiro atoms. The topological polar surface area (TPSA) is 80.3 Å². The van der Waals surface area contributed by atoms with E-state index in [2.05, 4.69) is 6.07 Å². The molecule has 228 valence electrons. The zero-order valence-corrected chi connectivity index (χ0v) is 26.1. The van der Waals surface area contributed by atoms with Crippen LogP contribution in [0.15, 0.2) is 54.6 Å². The molecule has 9 heteroatoms. The van der Waals surface area contributed by atoms with Gasteiger partial charge < -0.3 is 23.3 Å². The maximum Gasteiger partial charge on any atom is 0.330 e. The summed E-state index contributed by atoms with van der Waals surface area (Å²) in [6.45, 7) is 11.1. The Bertz CT molecular complexity index is 1360. The van der Waals surface area contributed by atoms with E-state index >= 15 is 0 Å². The number of ether oxygens (including phenoxy) is 3. The van der Waals surface area contributed by atoms with Crippen molar-refractivity contribution in [3.05, 3.63) is 82.7 Å². The molecule has 3 rings (SSSR count). The highest BCUT2D eigenvalue weighted by molar-refractivity contribution is 7.53. The number of hydrogen-bond donors (Lipinski definition) is 0. The summed E-state index contributed by atoms with van der Waals surface area (Å²) in [5.41, 5.74) is 5.73. The van der Waals surface area contributed by atoms with Crippen molar-refractivity contribution in [2.75, 3.05) is 32.6 Å². The Morgan fingerprint density at radius 3 is 2.21 bits per heavy atom. The first-order valence-corrected chi connectivity index (χ1v) is 16.2. The number of esters is 1. The fourth-order valence-corrected chi connectivity index (χ4v) is 6.26. The Balaban J connectivity index is 1.61. The van der Waals surface area contributed by atoms with Crippen molar-refractivity contribution in [3.8, 4) is 22.6 Å². The van der Waals surface area contributed by atoms with E-state index < -0.39 is 13.4 Å². The number of carbonyl (C=O) groups excluding carboxylic acids is 1. The molecular weight excluding hydrogens is 558 g/mol. The van der Waals surface area contributed by atoms with Crippen molar-refractivity contribution in [2.24, 2.45) is 0 Å². The predicted molar refractivity (Wildman–Crippen MR) is 163 cm³/mol. The van der Waals surface area contributed by atoms with E-state index in [9.17, 15) is 13.8 Å². The average molecular weight is 601 g/mol. The summed E-state index contributed by atoms with van der Waals surface area (Å²) in [5.74, 6) is 0.420. The van der Waals surface area contributed by atoms with Gasteiger partial charge in [-0.15, -0.1) is 0 Å². The van der Waals surface area contributed by atoms with Gasteiger partial charge in [0.25, 0.3) is 0 Å². The molecule has 0 saturated carbocycles. The van der Waals surface area contributed by atoms with Crippen molar-refractivity contribution < 1.29 is 37.0 Å². The van der Waals surface area contributed by atoms with Crippen LogP contribution < -0.4 is 9.47 Å². The van der Waals surface area contributed by atoms with Gasteiger partial charge in [0.15, 0.2) is 0 Å². The van der Waals surface area contributed by atoms with Crippen LogP contribution in [0.2, 0.25) is 0 Å². The normalized spacial score (nSPS) is 11.4. The molecule has 0 N–H and O–H groups in total. The molecule has 7 nitrogen and oxygen atoms in total. The van der Waals surface area contributed by atoms with Gasteiger partial charge in [0.1, 0.15) is 23.9 Å². The van der Waals surface area contributed by atoms with Gasteiger partial charge in [-0.25, -0.2) is 4.39 Å². The molecule has 0 aliphatic heterocycles. The van der Waals surface area contributed by atoms with Crippen LogP contribution >= 0.6 is 7.60 Å². The van der Waals surface area contributed by atoms with Gasteiger partial charge in [0.2, 0.25) is 0 Å². The SMILES string of the molecule is CCOC(=O)CCc1ccc(OCc2cccc(-c3ccc(OCCCP(=O)(OCC)OCC)cc3C)c2C)cc1F. The van der Waals surface area contributed by atoms with Crippen molar-refractivity contribution in [3.63, 3.8) is 0 Å². The predicted octanol–water partition coefficient (Wildman–Crippen LogP) is 8.22. The summed E-state index contributed by atoms with van der Waals surface area (Å²) in [4.78, 5) is 11.6. The minimum atomic E-state index is -3.07. The number of benzene rings is 3. The minimum absolute atomic E-state index is 0.135. The first kappa shape index (κ1) is 33.3. The molecule has 0 amide bonds. The van der Waals surface area contributed by atoms with Crippen molar-refractivity contribution in [2.45, 2.75) is 60.5 Å². The minimum Gasteiger partial charge on any atom is -0.494 e. The van der Waals surface area contributed by atoms with E-state index in [4.69, 9.17) is 23.3 Å². The number of hydrogen-bond acceptors (Lipinski definition) is 7. The van der Waals surface area contributed by atoms with E-state index in [0.717, 1.165) is 33.6 Å². The Hall–Kier alpha value is -3.19. The Labute approximate surface area is 248 Å². The Kier molecular flexibility index (Phi) is 13.0. The third-order valence-electron chi connectivity index (χ3n) is 6.75. The smallest absolute Gasteiger partial charge is 0.330 e. The molecule has 0 bridgehead atoms. The number of halogens is 1. The second-order valence-corrected chi connectivity index (χ2v) is 12.0. The summed E-state index contributed by atoms with van der Waals surface area (Å²) in [7, 11) is -3.07. The van der Waals surface area contributed by atoms with Gasteiger partial charge in [0.05, 0.1) is 32.6 Å². The van der Waals surface area contributed by atoms with Crippen molar-refractivity contribution >= 4 is 13.6 Å². The lowest BCUT2D eigenvalue weighted by Crippen LogP contribution is -2.06. The highest BCUT2D eigenvalue weighted by atomic mass is 31.2. The maximum atomic E-state index is 14.6. The fraction of sp³-hybridized carbons (Fsp3) is 0.424. The summed E-state index contributed by atoms with van der Waals surface area (Å²) in [6.07, 6.45) is 1.28. The van der Waals surface area contributed by atoms with Crippen LogP contribution in [0.3, 0.4) is 0 Å². The van der Waals surface area contributed by atoms with Crippen LogP contribution in [0.4, 0.5) is 4.39 Å². The molecule has 0 saturated heterocycles. The first-order valence-electron chi connectivity index (χ1n) is 14.5. The highest BCUT2D eigenvalue weighted by Gasteiger charge is 2.22. The van der Waals surface area contributed by atoms with Crippen LogP contribution in [0, 0.1) is 19.7 Å². The van der Waals surface area contributed by atoms with Gasteiger partial charge in [-0.05, 0) is 99.0 Å². The standard InChI is InChI=1S/C33H42FO7P/c1-6-37-33(35)18-14-26-13-15-29(22-32(26)34)39-23-27-11-9-12-31(25(27)5)30-17-16-28(21-24(30)4)38-19-10-20-42(36,40-7-2)41-8-3/h9,11-13,15-17,21-22H,6-8,10,14,18-20,23H2,1-5H3. The number of carbonyl (C=O) groups is 1. The zero-order chi connectivity index (χ0) is 30.5. The fourth-order valence-electron chi connectivity index (χ4n) is 4.62. The second kappa shape index (κ2) is 16.4. The molecule has 3 aromatic carbocycles. The van der Waals surface area contributed by atoms with Crippen LogP contribution in [0.1, 0.15) is 55.9 Å². The van der Waals surface area contributed by atoms with Gasteiger partial charge in [-0.1, -0.05) is 30.3 Å².